The summed E-state index contributed by atoms with van der Waals surface area (Å²) in [5.74, 6) is -0.957. The van der Waals surface area contributed by atoms with Crippen LogP contribution in [0.4, 0.5) is 14.5 Å². The zero-order chi connectivity index (χ0) is 14.8. The Bertz CT molecular complexity index is 618. The van der Waals surface area contributed by atoms with Crippen molar-refractivity contribution in [1.82, 2.24) is 4.90 Å². The van der Waals surface area contributed by atoms with Crippen LogP contribution in [-0.2, 0) is 13.1 Å². The van der Waals surface area contributed by atoms with Crippen molar-refractivity contribution in [1.29, 1.82) is 0 Å². The zero-order valence-corrected chi connectivity index (χ0v) is 11.7. The molecule has 3 rings (SSSR count). The summed E-state index contributed by atoms with van der Waals surface area (Å²) in [6.45, 7) is 0.946. The van der Waals surface area contributed by atoms with Gasteiger partial charge in [0, 0.05) is 30.4 Å². The highest BCUT2D eigenvalue weighted by molar-refractivity contribution is 5.40. The molecule has 4 heteroatoms. The zero-order valence-electron chi connectivity index (χ0n) is 11.7. The molecule has 0 unspecified atom stereocenters. The highest BCUT2D eigenvalue weighted by Gasteiger charge is 2.30. The van der Waals surface area contributed by atoms with E-state index in [0.717, 1.165) is 18.4 Å². The molecule has 21 heavy (non-hydrogen) atoms. The Labute approximate surface area is 123 Å². The molecule has 110 valence electrons. The molecule has 0 radical (unpaired) electrons. The second-order valence-corrected chi connectivity index (χ2v) is 5.58. The fraction of sp³-hybridized carbons (Fsp3) is 0.294. The third kappa shape index (κ3) is 3.39. The summed E-state index contributed by atoms with van der Waals surface area (Å²) in [4.78, 5) is 2.12. The van der Waals surface area contributed by atoms with E-state index in [-0.39, 0.29) is 12.1 Å². The summed E-state index contributed by atoms with van der Waals surface area (Å²) in [5, 5.41) is 0. The quantitative estimate of drug-likeness (QED) is 0.850. The van der Waals surface area contributed by atoms with Gasteiger partial charge in [0.25, 0.3) is 0 Å². The Morgan fingerprint density at radius 1 is 1.00 bits per heavy atom. The van der Waals surface area contributed by atoms with Gasteiger partial charge in [-0.1, -0.05) is 18.2 Å². The standard InChI is InChI=1S/C17H18F2N2/c18-16-5-2-6-17(19)15(16)11-21(14-7-8-14)10-12-3-1-4-13(20)9-12/h1-6,9,14H,7-8,10-11,20H2. The lowest BCUT2D eigenvalue weighted by Gasteiger charge is -2.23. The Morgan fingerprint density at radius 2 is 1.67 bits per heavy atom. The molecular formula is C17H18F2N2. The minimum absolute atomic E-state index is 0.147. The van der Waals surface area contributed by atoms with Crippen LogP contribution in [0.15, 0.2) is 42.5 Å². The fourth-order valence-corrected chi connectivity index (χ4v) is 2.57. The molecule has 0 amide bonds. The second-order valence-electron chi connectivity index (χ2n) is 5.58. The minimum Gasteiger partial charge on any atom is -0.399 e. The van der Waals surface area contributed by atoms with Crippen LogP contribution < -0.4 is 5.73 Å². The fourth-order valence-electron chi connectivity index (χ4n) is 2.57. The van der Waals surface area contributed by atoms with Gasteiger partial charge in [0.15, 0.2) is 0 Å². The monoisotopic (exact) mass is 288 g/mol. The van der Waals surface area contributed by atoms with Crippen molar-refractivity contribution in [3.63, 3.8) is 0 Å². The molecule has 1 saturated carbocycles. The molecule has 0 saturated heterocycles. The van der Waals surface area contributed by atoms with Crippen LogP contribution in [0.25, 0.3) is 0 Å². The third-order valence-corrected chi connectivity index (χ3v) is 3.82. The molecule has 1 aliphatic rings. The van der Waals surface area contributed by atoms with Crippen LogP contribution in [0.2, 0.25) is 0 Å². The largest absolute Gasteiger partial charge is 0.399 e. The predicted octanol–water partition coefficient (Wildman–Crippen LogP) is 3.71. The van der Waals surface area contributed by atoms with Crippen molar-refractivity contribution in [2.24, 2.45) is 0 Å². The number of hydrogen-bond donors (Lipinski definition) is 1. The smallest absolute Gasteiger partial charge is 0.130 e. The lowest BCUT2D eigenvalue weighted by molar-refractivity contribution is 0.238. The van der Waals surface area contributed by atoms with Gasteiger partial charge < -0.3 is 5.73 Å². The van der Waals surface area contributed by atoms with E-state index in [0.29, 0.717) is 18.3 Å². The summed E-state index contributed by atoms with van der Waals surface area (Å²) in [5.41, 5.74) is 7.71. The molecule has 0 aliphatic heterocycles. The molecule has 2 N–H and O–H groups in total. The van der Waals surface area contributed by atoms with Crippen molar-refractivity contribution in [2.45, 2.75) is 32.0 Å². The Hall–Kier alpha value is -1.94. The van der Waals surface area contributed by atoms with E-state index in [4.69, 9.17) is 5.73 Å². The van der Waals surface area contributed by atoms with Crippen LogP contribution in [0.1, 0.15) is 24.0 Å². The predicted molar refractivity (Wildman–Crippen MR) is 79.5 cm³/mol. The molecule has 0 bridgehead atoms. The second kappa shape index (κ2) is 5.82. The maximum Gasteiger partial charge on any atom is 0.130 e. The average Bonchev–Trinajstić information content (AvgIpc) is 3.26. The first-order valence-electron chi connectivity index (χ1n) is 7.15. The Balaban J connectivity index is 1.79. The molecule has 0 atom stereocenters. The van der Waals surface area contributed by atoms with Crippen molar-refractivity contribution in [3.05, 3.63) is 65.2 Å². The molecule has 0 aromatic heterocycles. The number of anilines is 1. The van der Waals surface area contributed by atoms with Gasteiger partial charge in [0.05, 0.1) is 0 Å². The molecule has 0 heterocycles. The number of benzene rings is 2. The van der Waals surface area contributed by atoms with E-state index in [1.807, 2.05) is 24.3 Å². The maximum absolute atomic E-state index is 13.8. The Kier molecular flexibility index (Phi) is 3.88. The Morgan fingerprint density at radius 3 is 2.29 bits per heavy atom. The first-order valence-corrected chi connectivity index (χ1v) is 7.15. The molecular weight excluding hydrogens is 270 g/mol. The van der Waals surface area contributed by atoms with Gasteiger partial charge in [-0.05, 0) is 42.7 Å². The summed E-state index contributed by atoms with van der Waals surface area (Å²) in [6.07, 6.45) is 2.16. The van der Waals surface area contributed by atoms with Crippen LogP contribution in [0.3, 0.4) is 0 Å². The maximum atomic E-state index is 13.8. The van der Waals surface area contributed by atoms with Crippen molar-refractivity contribution >= 4 is 5.69 Å². The van der Waals surface area contributed by atoms with E-state index in [2.05, 4.69) is 4.90 Å². The molecule has 1 fully saturated rings. The van der Waals surface area contributed by atoms with E-state index in [9.17, 15) is 8.78 Å². The van der Waals surface area contributed by atoms with Crippen LogP contribution in [0, 0.1) is 11.6 Å². The first kappa shape index (κ1) is 14.0. The van der Waals surface area contributed by atoms with Gasteiger partial charge in [0.1, 0.15) is 11.6 Å². The average molecular weight is 288 g/mol. The number of nitrogens with zero attached hydrogens (tertiary/aromatic N) is 1. The number of hydrogen-bond acceptors (Lipinski definition) is 2. The lowest BCUT2D eigenvalue weighted by atomic mass is 10.1. The van der Waals surface area contributed by atoms with E-state index < -0.39 is 11.6 Å². The minimum atomic E-state index is -0.478. The van der Waals surface area contributed by atoms with Gasteiger partial charge in [-0.3, -0.25) is 4.90 Å². The van der Waals surface area contributed by atoms with Crippen LogP contribution in [0.5, 0.6) is 0 Å². The summed E-state index contributed by atoms with van der Waals surface area (Å²) >= 11 is 0. The highest BCUT2D eigenvalue weighted by Crippen LogP contribution is 2.31. The van der Waals surface area contributed by atoms with Crippen LogP contribution >= 0.6 is 0 Å². The molecule has 2 aromatic rings. The molecule has 2 nitrogen and oxygen atoms in total. The number of rotatable bonds is 5. The number of nitrogens with two attached hydrogens (primary N) is 1. The van der Waals surface area contributed by atoms with Crippen molar-refractivity contribution in [3.8, 4) is 0 Å². The SMILES string of the molecule is Nc1cccc(CN(Cc2c(F)cccc2F)C2CC2)c1. The van der Waals surface area contributed by atoms with E-state index in [1.54, 1.807) is 0 Å². The van der Waals surface area contributed by atoms with Crippen LogP contribution in [-0.4, -0.2) is 10.9 Å². The van der Waals surface area contributed by atoms with Gasteiger partial charge in [0.2, 0.25) is 0 Å². The first-order chi connectivity index (χ1) is 10.1. The summed E-state index contributed by atoms with van der Waals surface area (Å²) < 4.78 is 27.6. The van der Waals surface area contributed by atoms with Crippen molar-refractivity contribution in [2.75, 3.05) is 5.73 Å². The van der Waals surface area contributed by atoms with Gasteiger partial charge >= 0.3 is 0 Å². The molecule has 1 aliphatic carbocycles. The summed E-state index contributed by atoms with van der Waals surface area (Å²) in [7, 11) is 0. The highest BCUT2D eigenvalue weighted by atomic mass is 19.1. The number of nitrogen functional groups attached to an aromatic ring is 1. The van der Waals surface area contributed by atoms with Gasteiger partial charge in [-0.25, -0.2) is 8.78 Å². The van der Waals surface area contributed by atoms with E-state index in [1.165, 1.54) is 18.2 Å². The topological polar surface area (TPSA) is 29.3 Å². The number of halogens is 2. The van der Waals surface area contributed by atoms with Gasteiger partial charge in [-0.2, -0.15) is 0 Å². The van der Waals surface area contributed by atoms with E-state index >= 15 is 0 Å². The molecule has 0 spiro atoms. The lowest BCUT2D eigenvalue weighted by Crippen LogP contribution is -2.26. The van der Waals surface area contributed by atoms with Crippen molar-refractivity contribution < 1.29 is 8.78 Å². The third-order valence-electron chi connectivity index (χ3n) is 3.82. The normalized spacial score (nSPS) is 14.6. The molecule has 2 aromatic carbocycles. The summed E-state index contributed by atoms with van der Waals surface area (Å²) in [6, 6.07) is 12.1. The van der Waals surface area contributed by atoms with Gasteiger partial charge in [-0.15, -0.1) is 0 Å².